The molecule has 1 aromatic heterocycles. The number of thiophene rings is 1. The van der Waals surface area contributed by atoms with Crippen molar-refractivity contribution in [2.45, 2.75) is 19.0 Å². The molecule has 0 saturated carbocycles. The molecule has 4 nitrogen and oxygen atoms in total. The molecule has 3 rings (SSSR count). The first-order valence-corrected chi connectivity index (χ1v) is 5.91. The van der Waals surface area contributed by atoms with E-state index < -0.39 is 0 Å². The number of carbonyl (C=O) groups excluding carboxylic acids is 2. The van der Waals surface area contributed by atoms with Crippen LogP contribution in [0, 0.1) is 0 Å². The van der Waals surface area contributed by atoms with Gasteiger partial charge in [-0.15, -0.1) is 11.3 Å². The number of rotatable bonds is 1. The number of nitrogens with one attached hydrogen (secondary N) is 1. The quantitative estimate of drug-likeness (QED) is 0.791. The molecule has 5 heteroatoms. The molecule has 16 heavy (non-hydrogen) atoms. The Balaban J connectivity index is 1.89. The molecule has 0 unspecified atom stereocenters. The van der Waals surface area contributed by atoms with E-state index in [0.717, 1.165) is 10.4 Å². The molecule has 1 saturated heterocycles. The van der Waals surface area contributed by atoms with Gasteiger partial charge in [-0.25, -0.2) is 0 Å². The van der Waals surface area contributed by atoms with Crippen molar-refractivity contribution in [3.8, 4) is 0 Å². The van der Waals surface area contributed by atoms with Crippen molar-refractivity contribution in [3.05, 3.63) is 34.2 Å². The number of amides is 2. The van der Waals surface area contributed by atoms with E-state index in [1.165, 1.54) is 0 Å². The molecule has 82 valence electrons. The molecule has 1 atom stereocenters. The Hall–Kier alpha value is -1.62. The first kappa shape index (κ1) is 9.59. The first-order valence-electron chi connectivity index (χ1n) is 5.03. The van der Waals surface area contributed by atoms with E-state index in [1.54, 1.807) is 16.2 Å². The third kappa shape index (κ3) is 1.21. The van der Waals surface area contributed by atoms with Crippen molar-refractivity contribution in [2.75, 3.05) is 0 Å². The third-order valence-corrected chi connectivity index (χ3v) is 3.87. The topological polar surface area (TPSA) is 49.4 Å². The summed E-state index contributed by atoms with van der Waals surface area (Å²) in [5.41, 5.74) is 1.44. The van der Waals surface area contributed by atoms with Gasteiger partial charge in [-0.3, -0.25) is 9.59 Å². The summed E-state index contributed by atoms with van der Waals surface area (Å²) in [4.78, 5) is 26.3. The van der Waals surface area contributed by atoms with Crippen LogP contribution in [0.1, 0.15) is 21.7 Å². The third-order valence-electron chi connectivity index (χ3n) is 2.97. The molecule has 0 bridgehead atoms. The Kier molecular flexibility index (Phi) is 1.91. The molecule has 0 aromatic carbocycles. The van der Waals surface area contributed by atoms with Crippen LogP contribution in [0.2, 0.25) is 0 Å². The van der Waals surface area contributed by atoms with Gasteiger partial charge >= 0.3 is 0 Å². The van der Waals surface area contributed by atoms with Crippen LogP contribution < -0.4 is 5.32 Å². The zero-order valence-corrected chi connectivity index (χ0v) is 9.34. The summed E-state index contributed by atoms with van der Waals surface area (Å²) in [6.45, 7) is 4.27. The van der Waals surface area contributed by atoms with E-state index in [9.17, 15) is 9.59 Å². The van der Waals surface area contributed by atoms with Gasteiger partial charge in [0.05, 0.1) is 12.1 Å². The van der Waals surface area contributed by atoms with Crippen molar-refractivity contribution in [2.24, 2.45) is 0 Å². The Morgan fingerprint density at radius 1 is 1.50 bits per heavy atom. The van der Waals surface area contributed by atoms with Crippen molar-refractivity contribution in [3.63, 3.8) is 0 Å². The maximum atomic E-state index is 12.0. The average molecular weight is 234 g/mol. The predicted octanol–water partition coefficient (Wildman–Crippen LogP) is 1.11. The number of hydrogen-bond donors (Lipinski definition) is 1. The van der Waals surface area contributed by atoms with Gasteiger partial charge < -0.3 is 10.2 Å². The molecule has 0 radical (unpaired) electrons. The second kappa shape index (κ2) is 3.18. The highest BCUT2D eigenvalue weighted by molar-refractivity contribution is 7.10. The fourth-order valence-electron chi connectivity index (χ4n) is 2.17. The van der Waals surface area contributed by atoms with Gasteiger partial charge in [0.25, 0.3) is 5.91 Å². The van der Waals surface area contributed by atoms with Gasteiger partial charge in [-0.05, 0) is 11.4 Å². The molecule has 3 heterocycles. The van der Waals surface area contributed by atoms with Crippen LogP contribution in [0.3, 0.4) is 0 Å². The van der Waals surface area contributed by atoms with Crippen LogP contribution in [0.15, 0.2) is 23.7 Å². The molecule has 1 N–H and O–H groups in total. The van der Waals surface area contributed by atoms with Crippen molar-refractivity contribution >= 4 is 23.2 Å². The van der Waals surface area contributed by atoms with Crippen molar-refractivity contribution in [1.82, 2.24) is 10.2 Å². The lowest BCUT2D eigenvalue weighted by atomic mass is 10.2. The molecular weight excluding hydrogens is 224 g/mol. The largest absolute Gasteiger partial charge is 0.328 e. The summed E-state index contributed by atoms with van der Waals surface area (Å²) in [5.74, 6) is -0.153. The van der Waals surface area contributed by atoms with Gasteiger partial charge in [0.15, 0.2) is 0 Å². The van der Waals surface area contributed by atoms with Gasteiger partial charge in [0.1, 0.15) is 6.04 Å². The van der Waals surface area contributed by atoms with Gasteiger partial charge in [-0.2, -0.15) is 0 Å². The maximum Gasteiger partial charge on any atom is 0.256 e. The van der Waals surface area contributed by atoms with E-state index in [4.69, 9.17) is 0 Å². The van der Waals surface area contributed by atoms with Gasteiger partial charge in [0, 0.05) is 17.0 Å². The van der Waals surface area contributed by atoms with E-state index in [2.05, 4.69) is 11.9 Å². The number of fused-ring (bicyclic) bond motifs is 1. The van der Waals surface area contributed by atoms with Gasteiger partial charge in [-0.1, -0.05) is 6.58 Å². The minimum Gasteiger partial charge on any atom is -0.328 e. The second-order valence-corrected chi connectivity index (χ2v) is 5.00. The van der Waals surface area contributed by atoms with E-state index >= 15 is 0 Å². The standard InChI is InChI=1S/C11H10N2O2S/c1-6-4-8(10(14)12-6)13-5-9-7(11(13)15)2-3-16-9/h2-3,8H,1,4-5H2,(H,12,14)/t8-/m0/s1. The van der Waals surface area contributed by atoms with Crippen molar-refractivity contribution < 1.29 is 9.59 Å². The molecule has 0 aliphatic carbocycles. The Bertz CT molecular complexity index is 506. The molecule has 1 fully saturated rings. The van der Waals surface area contributed by atoms with Crippen molar-refractivity contribution in [1.29, 1.82) is 0 Å². The summed E-state index contributed by atoms with van der Waals surface area (Å²) in [7, 11) is 0. The van der Waals surface area contributed by atoms with Crippen LogP contribution in [-0.4, -0.2) is 22.8 Å². The molecular formula is C11H10N2O2S. The monoisotopic (exact) mass is 234 g/mol. The Morgan fingerprint density at radius 3 is 2.94 bits per heavy atom. The van der Waals surface area contributed by atoms with Crippen LogP contribution in [0.5, 0.6) is 0 Å². The fourth-order valence-corrected chi connectivity index (χ4v) is 3.04. The van der Waals surface area contributed by atoms with Crippen LogP contribution >= 0.6 is 11.3 Å². The fraction of sp³-hybridized carbons (Fsp3) is 0.273. The molecule has 0 spiro atoms. The zero-order valence-electron chi connectivity index (χ0n) is 8.53. The molecule has 2 amide bonds. The van der Waals surface area contributed by atoms with Crippen LogP contribution in [0.25, 0.3) is 0 Å². The summed E-state index contributed by atoms with van der Waals surface area (Å²) < 4.78 is 0. The van der Waals surface area contributed by atoms with Crippen LogP contribution in [-0.2, 0) is 11.3 Å². The number of hydrogen-bond acceptors (Lipinski definition) is 3. The van der Waals surface area contributed by atoms with E-state index in [0.29, 0.717) is 18.7 Å². The number of carbonyl (C=O) groups is 2. The highest BCUT2D eigenvalue weighted by atomic mass is 32.1. The Morgan fingerprint density at radius 2 is 2.31 bits per heavy atom. The highest BCUT2D eigenvalue weighted by Crippen LogP contribution is 2.31. The molecule has 2 aliphatic rings. The lowest BCUT2D eigenvalue weighted by molar-refractivity contribution is -0.122. The average Bonchev–Trinajstić information content (AvgIpc) is 2.85. The predicted molar refractivity (Wildman–Crippen MR) is 59.9 cm³/mol. The summed E-state index contributed by atoms with van der Waals surface area (Å²) in [6, 6.07) is 1.45. The Labute approximate surface area is 96.6 Å². The minimum atomic E-state index is -0.375. The summed E-state index contributed by atoms with van der Waals surface area (Å²) >= 11 is 1.56. The minimum absolute atomic E-state index is 0.0360. The summed E-state index contributed by atoms with van der Waals surface area (Å²) in [6.07, 6.45) is 0.527. The lowest BCUT2D eigenvalue weighted by Crippen LogP contribution is -2.40. The first-order chi connectivity index (χ1) is 7.66. The van der Waals surface area contributed by atoms with E-state index in [1.807, 2.05) is 11.4 Å². The molecule has 1 aromatic rings. The normalized spacial score (nSPS) is 23.9. The zero-order chi connectivity index (χ0) is 11.3. The maximum absolute atomic E-state index is 12.0. The van der Waals surface area contributed by atoms with Crippen LogP contribution in [0.4, 0.5) is 0 Å². The summed E-state index contributed by atoms with van der Waals surface area (Å²) in [5, 5.41) is 4.57. The SMILES string of the molecule is C=C1C[C@H](N2Cc3sccc3C2=O)C(=O)N1. The highest BCUT2D eigenvalue weighted by Gasteiger charge is 2.40. The second-order valence-electron chi connectivity index (χ2n) is 4.00. The smallest absolute Gasteiger partial charge is 0.256 e. The number of nitrogens with zero attached hydrogens (tertiary/aromatic N) is 1. The van der Waals surface area contributed by atoms with E-state index in [-0.39, 0.29) is 17.9 Å². The molecule has 2 aliphatic heterocycles. The lowest BCUT2D eigenvalue weighted by Gasteiger charge is -2.20. The van der Waals surface area contributed by atoms with Gasteiger partial charge in [0.2, 0.25) is 5.91 Å².